The molecule has 0 bridgehead atoms. The first-order valence-corrected chi connectivity index (χ1v) is 8.06. The van der Waals surface area contributed by atoms with Crippen molar-refractivity contribution in [3.8, 4) is 0 Å². The third kappa shape index (κ3) is 2.65. The average Bonchev–Trinajstić information content (AvgIpc) is 2.70. The zero-order valence-electron chi connectivity index (χ0n) is 13.5. The van der Waals surface area contributed by atoms with E-state index in [0.29, 0.717) is 11.5 Å². The largest absolute Gasteiger partial charge is 0.375 e. The molecule has 2 heteroatoms. The highest BCUT2D eigenvalue weighted by atomic mass is 15.2. The van der Waals surface area contributed by atoms with Crippen molar-refractivity contribution in [2.75, 3.05) is 20.1 Å². The standard InChI is InChI=1S/C18H30N2/c1-6-8-9-15(3)20-12-10-18(11-13-20)14-17(7-2)19(5)16(18)4/h8-9,17H,3-4,6-7,10-14H2,1-2,5H3/b9-8-. The van der Waals surface area contributed by atoms with Crippen LogP contribution in [-0.4, -0.2) is 36.0 Å². The first kappa shape index (κ1) is 15.2. The smallest absolute Gasteiger partial charge is 0.0290 e. The molecule has 2 aliphatic rings. The molecule has 2 nitrogen and oxygen atoms in total. The van der Waals surface area contributed by atoms with E-state index < -0.39 is 0 Å². The monoisotopic (exact) mass is 274 g/mol. The summed E-state index contributed by atoms with van der Waals surface area (Å²) in [5.74, 6) is 0. The van der Waals surface area contributed by atoms with Crippen molar-refractivity contribution < 1.29 is 0 Å². The SMILES string of the molecule is C=C(/C=C\CC)N1CCC2(CC1)CC(CC)N(C)C2=C. The molecule has 0 aliphatic carbocycles. The molecule has 2 saturated heterocycles. The molecule has 0 amide bonds. The minimum atomic E-state index is 0.362. The molecule has 2 heterocycles. The second-order valence-electron chi connectivity index (χ2n) is 6.39. The first-order chi connectivity index (χ1) is 9.54. The van der Waals surface area contributed by atoms with Gasteiger partial charge in [-0.25, -0.2) is 0 Å². The summed E-state index contributed by atoms with van der Waals surface area (Å²) in [4.78, 5) is 4.87. The lowest BCUT2D eigenvalue weighted by Crippen LogP contribution is -2.39. The first-order valence-electron chi connectivity index (χ1n) is 8.06. The Bertz CT molecular complexity index is 400. The molecule has 0 aromatic rings. The minimum absolute atomic E-state index is 0.362. The Morgan fingerprint density at radius 3 is 2.50 bits per heavy atom. The molecule has 2 aliphatic heterocycles. The highest BCUT2D eigenvalue weighted by molar-refractivity contribution is 5.21. The number of hydrogen-bond donors (Lipinski definition) is 0. The number of likely N-dealkylation sites (tertiary alicyclic amines) is 2. The van der Waals surface area contributed by atoms with Gasteiger partial charge in [0.15, 0.2) is 0 Å². The van der Waals surface area contributed by atoms with E-state index in [0.717, 1.165) is 19.5 Å². The summed E-state index contributed by atoms with van der Waals surface area (Å²) < 4.78 is 0. The maximum Gasteiger partial charge on any atom is 0.0290 e. The van der Waals surface area contributed by atoms with Crippen LogP contribution in [0.25, 0.3) is 0 Å². The third-order valence-electron chi connectivity index (χ3n) is 5.36. The highest BCUT2D eigenvalue weighted by Crippen LogP contribution is 2.50. The van der Waals surface area contributed by atoms with Gasteiger partial charge in [0.25, 0.3) is 0 Å². The quantitative estimate of drug-likeness (QED) is 0.710. The van der Waals surface area contributed by atoms with Crippen molar-refractivity contribution >= 4 is 0 Å². The number of nitrogens with zero attached hydrogens (tertiary/aromatic N) is 2. The predicted octanol–water partition coefficient (Wildman–Crippen LogP) is 4.18. The molecule has 20 heavy (non-hydrogen) atoms. The van der Waals surface area contributed by atoms with Gasteiger partial charge in [0.05, 0.1) is 0 Å². The number of hydrogen-bond acceptors (Lipinski definition) is 2. The fourth-order valence-corrected chi connectivity index (χ4v) is 3.79. The van der Waals surface area contributed by atoms with Gasteiger partial charge in [-0.1, -0.05) is 33.1 Å². The Labute approximate surface area is 124 Å². The summed E-state index contributed by atoms with van der Waals surface area (Å²) in [6, 6.07) is 0.692. The molecule has 2 rings (SSSR count). The topological polar surface area (TPSA) is 6.48 Å². The molecular weight excluding hydrogens is 244 g/mol. The minimum Gasteiger partial charge on any atom is -0.375 e. The molecule has 1 atom stereocenters. The Balaban J connectivity index is 1.99. The van der Waals surface area contributed by atoms with Crippen LogP contribution >= 0.6 is 0 Å². The van der Waals surface area contributed by atoms with Gasteiger partial charge >= 0.3 is 0 Å². The second-order valence-corrected chi connectivity index (χ2v) is 6.39. The van der Waals surface area contributed by atoms with Gasteiger partial charge in [0, 0.05) is 43.0 Å². The Hall–Kier alpha value is -1.18. The lowest BCUT2D eigenvalue weighted by atomic mass is 9.74. The summed E-state index contributed by atoms with van der Waals surface area (Å²) in [7, 11) is 2.22. The number of rotatable bonds is 4. The second kappa shape index (κ2) is 6.07. The molecule has 0 saturated carbocycles. The Kier molecular flexibility index (Phi) is 4.62. The van der Waals surface area contributed by atoms with Crippen molar-refractivity contribution in [3.63, 3.8) is 0 Å². The van der Waals surface area contributed by atoms with Gasteiger partial charge in [0.2, 0.25) is 0 Å². The van der Waals surface area contributed by atoms with E-state index in [1.165, 1.54) is 37.1 Å². The fraction of sp³-hybridized carbons (Fsp3) is 0.667. The van der Waals surface area contributed by atoms with Crippen LogP contribution in [0.5, 0.6) is 0 Å². The van der Waals surface area contributed by atoms with Crippen LogP contribution in [0.2, 0.25) is 0 Å². The molecule has 0 aromatic heterocycles. The van der Waals surface area contributed by atoms with E-state index >= 15 is 0 Å². The Morgan fingerprint density at radius 1 is 1.35 bits per heavy atom. The predicted molar refractivity (Wildman–Crippen MR) is 87.4 cm³/mol. The summed E-state index contributed by atoms with van der Waals surface area (Å²) in [5, 5.41) is 0. The van der Waals surface area contributed by atoms with Crippen LogP contribution in [0.3, 0.4) is 0 Å². The van der Waals surface area contributed by atoms with Gasteiger partial charge < -0.3 is 9.80 Å². The molecule has 112 valence electrons. The van der Waals surface area contributed by atoms with Crippen molar-refractivity contribution in [2.45, 2.75) is 52.0 Å². The van der Waals surface area contributed by atoms with E-state index in [4.69, 9.17) is 0 Å². The number of allylic oxidation sites excluding steroid dienone is 3. The van der Waals surface area contributed by atoms with E-state index in [2.05, 4.69) is 56.0 Å². The van der Waals surface area contributed by atoms with Crippen molar-refractivity contribution in [1.29, 1.82) is 0 Å². The molecule has 0 aromatic carbocycles. The lowest BCUT2D eigenvalue weighted by Gasteiger charge is -2.41. The molecule has 0 N–H and O–H groups in total. The van der Waals surface area contributed by atoms with Crippen LogP contribution in [-0.2, 0) is 0 Å². The van der Waals surface area contributed by atoms with Gasteiger partial charge in [-0.2, -0.15) is 0 Å². The molecule has 0 radical (unpaired) electrons. The van der Waals surface area contributed by atoms with Crippen molar-refractivity contribution in [1.82, 2.24) is 9.80 Å². The normalized spacial score (nSPS) is 25.9. The molecule has 2 fully saturated rings. The van der Waals surface area contributed by atoms with E-state index in [-0.39, 0.29) is 0 Å². The zero-order valence-corrected chi connectivity index (χ0v) is 13.5. The van der Waals surface area contributed by atoms with Crippen molar-refractivity contribution in [2.24, 2.45) is 5.41 Å². The van der Waals surface area contributed by atoms with Gasteiger partial charge in [-0.3, -0.25) is 0 Å². The maximum absolute atomic E-state index is 4.40. The maximum atomic E-state index is 4.40. The van der Waals surface area contributed by atoms with Crippen LogP contribution in [0, 0.1) is 5.41 Å². The van der Waals surface area contributed by atoms with E-state index in [1.54, 1.807) is 0 Å². The van der Waals surface area contributed by atoms with Gasteiger partial charge in [-0.05, 0) is 38.2 Å². The zero-order chi connectivity index (χ0) is 14.8. The summed E-state index contributed by atoms with van der Waals surface area (Å²) in [6.07, 6.45) is 10.4. The summed E-state index contributed by atoms with van der Waals surface area (Å²) in [6.45, 7) is 15.3. The van der Waals surface area contributed by atoms with E-state index in [9.17, 15) is 0 Å². The summed E-state index contributed by atoms with van der Waals surface area (Å²) in [5.41, 5.74) is 2.91. The molecule has 1 unspecified atom stereocenters. The Morgan fingerprint density at radius 2 is 2.00 bits per heavy atom. The lowest BCUT2D eigenvalue weighted by molar-refractivity contribution is 0.165. The highest BCUT2D eigenvalue weighted by Gasteiger charge is 2.46. The van der Waals surface area contributed by atoms with Crippen LogP contribution < -0.4 is 0 Å². The van der Waals surface area contributed by atoms with Gasteiger partial charge in [-0.15, -0.1) is 0 Å². The van der Waals surface area contributed by atoms with Crippen LogP contribution in [0.4, 0.5) is 0 Å². The van der Waals surface area contributed by atoms with E-state index in [1.807, 2.05) is 0 Å². The van der Waals surface area contributed by atoms with Crippen LogP contribution in [0.15, 0.2) is 36.7 Å². The fourth-order valence-electron chi connectivity index (χ4n) is 3.79. The van der Waals surface area contributed by atoms with Crippen LogP contribution in [0.1, 0.15) is 46.0 Å². The van der Waals surface area contributed by atoms with Gasteiger partial charge in [0.1, 0.15) is 0 Å². The number of piperidine rings is 1. The molecule has 1 spiro atoms. The van der Waals surface area contributed by atoms with Crippen molar-refractivity contribution in [3.05, 3.63) is 36.7 Å². The summed E-state index contributed by atoms with van der Waals surface area (Å²) >= 11 is 0. The molecular formula is C18H30N2. The average molecular weight is 274 g/mol. The third-order valence-corrected chi connectivity index (χ3v) is 5.36.